The molecule has 0 saturated heterocycles. The summed E-state index contributed by atoms with van der Waals surface area (Å²) in [5.74, 6) is 0.156. The molecule has 1 aromatic carbocycles. The van der Waals surface area contributed by atoms with Gasteiger partial charge in [0.1, 0.15) is 5.82 Å². The van der Waals surface area contributed by atoms with Gasteiger partial charge in [0.15, 0.2) is 0 Å². The molecule has 0 saturated carbocycles. The van der Waals surface area contributed by atoms with Crippen LogP contribution in [-0.4, -0.2) is 40.1 Å². The summed E-state index contributed by atoms with van der Waals surface area (Å²) in [5.41, 5.74) is 1.39. The van der Waals surface area contributed by atoms with Crippen LogP contribution in [0.4, 0.5) is 5.82 Å². The predicted molar refractivity (Wildman–Crippen MR) is 87.3 cm³/mol. The van der Waals surface area contributed by atoms with Gasteiger partial charge < -0.3 is 10.2 Å². The van der Waals surface area contributed by atoms with Crippen molar-refractivity contribution in [3.8, 4) is 0 Å². The van der Waals surface area contributed by atoms with Gasteiger partial charge in [0.25, 0.3) is 5.91 Å². The normalized spacial score (nSPS) is 17.0. The van der Waals surface area contributed by atoms with Crippen molar-refractivity contribution in [2.24, 2.45) is 0 Å². The number of aryl methyl sites for hydroxylation is 1. The summed E-state index contributed by atoms with van der Waals surface area (Å²) in [4.78, 5) is 26.6. The van der Waals surface area contributed by atoms with Crippen LogP contribution in [0.25, 0.3) is 0 Å². The number of hydrogen-bond donors (Lipinski definition) is 1. The molecule has 6 heteroatoms. The van der Waals surface area contributed by atoms with E-state index in [9.17, 15) is 9.59 Å². The molecule has 0 bridgehead atoms. The lowest BCUT2D eigenvalue weighted by atomic mass is 9.89. The number of nitrogens with one attached hydrogen (secondary N) is 1. The van der Waals surface area contributed by atoms with E-state index < -0.39 is 0 Å². The van der Waals surface area contributed by atoms with Gasteiger partial charge in [-0.2, -0.15) is 5.10 Å². The molecule has 1 atom stereocenters. The largest absolute Gasteiger partial charge is 0.341 e. The van der Waals surface area contributed by atoms with Gasteiger partial charge in [-0.3, -0.25) is 9.59 Å². The number of likely N-dealkylation sites (N-methyl/N-ethyl adjacent to an activating group) is 1. The van der Waals surface area contributed by atoms with Gasteiger partial charge in [-0.15, -0.1) is 0 Å². The first-order valence-corrected chi connectivity index (χ1v) is 7.79. The minimum Gasteiger partial charge on any atom is -0.341 e. The first-order valence-electron chi connectivity index (χ1n) is 7.79. The van der Waals surface area contributed by atoms with Crippen LogP contribution in [0, 0.1) is 0 Å². The molecule has 23 heavy (non-hydrogen) atoms. The molecule has 2 aromatic rings. The molecule has 6 nitrogen and oxygen atoms in total. The van der Waals surface area contributed by atoms with Crippen LogP contribution in [0.15, 0.2) is 36.5 Å². The zero-order valence-corrected chi connectivity index (χ0v) is 13.3. The molecule has 1 aliphatic rings. The zero-order chi connectivity index (χ0) is 16.4. The summed E-state index contributed by atoms with van der Waals surface area (Å²) >= 11 is 0. The number of benzene rings is 1. The van der Waals surface area contributed by atoms with Gasteiger partial charge >= 0.3 is 0 Å². The number of nitrogens with zero attached hydrogens (tertiary/aromatic N) is 3. The van der Waals surface area contributed by atoms with E-state index in [0.29, 0.717) is 17.9 Å². The van der Waals surface area contributed by atoms with Crippen LogP contribution >= 0.6 is 0 Å². The summed E-state index contributed by atoms with van der Waals surface area (Å²) < 4.78 is 1.78. The second-order valence-corrected chi connectivity index (χ2v) is 5.75. The maximum absolute atomic E-state index is 12.7. The Morgan fingerprint density at radius 1 is 1.35 bits per heavy atom. The molecular formula is C17H20N4O2. The molecule has 1 unspecified atom stereocenters. The lowest BCUT2D eigenvalue weighted by Gasteiger charge is -2.31. The number of amides is 2. The van der Waals surface area contributed by atoms with E-state index in [-0.39, 0.29) is 17.7 Å². The van der Waals surface area contributed by atoms with Crippen LogP contribution in [0.5, 0.6) is 0 Å². The third-order valence-corrected chi connectivity index (χ3v) is 4.09. The Kier molecular flexibility index (Phi) is 4.14. The third kappa shape index (κ3) is 2.84. The lowest BCUT2D eigenvalue weighted by molar-refractivity contribution is -0.118. The predicted octanol–water partition coefficient (Wildman–Crippen LogP) is 2.10. The van der Waals surface area contributed by atoms with Gasteiger partial charge in [0.05, 0.1) is 12.1 Å². The summed E-state index contributed by atoms with van der Waals surface area (Å²) in [7, 11) is 1.72. The van der Waals surface area contributed by atoms with Crippen LogP contribution in [0.1, 0.15) is 35.2 Å². The number of hydrogen-bond acceptors (Lipinski definition) is 3. The molecular weight excluding hydrogens is 292 g/mol. The Bertz CT molecular complexity index is 738. The molecule has 2 amide bonds. The van der Waals surface area contributed by atoms with Crippen LogP contribution in [0.3, 0.4) is 0 Å². The Hall–Kier alpha value is -2.63. The number of fused-ring (bicyclic) bond motifs is 1. The van der Waals surface area contributed by atoms with Gasteiger partial charge in [-0.05, 0) is 18.1 Å². The van der Waals surface area contributed by atoms with Crippen molar-refractivity contribution < 1.29 is 9.59 Å². The van der Waals surface area contributed by atoms with Crippen molar-refractivity contribution in [2.45, 2.75) is 25.8 Å². The Morgan fingerprint density at radius 3 is 2.91 bits per heavy atom. The van der Waals surface area contributed by atoms with Crippen LogP contribution in [0.2, 0.25) is 0 Å². The molecule has 3 rings (SSSR count). The maximum Gasteiger partial charge on any atom is 0.253 e. The van der Waals surface area contributed by atoms with Crippen LogP contribution in [-0.2, 0) is 11.3 Å². The number of carbonyl (C=O) groups is 2. The van der Waals surface area contributed by atoms with E-state index in [2.05, 4.69) is 17.3 Å². The Morgan fingerprint density at radius 2 is 2.13 bits per heavy atom. The number of aromatic nitrogens is 2. The monoisotopic (exact) mass is 312 g/mol. The van der Waals surface area contributed by atoms with Gasteiger partial charge in [-0.25, -0.2) is 4.68 Å². The summed E-state index contributed by atoms with van der Waals surface area (Å²) in [5, 5.41) is 7.16. The van der Waals surface area contributed by atoms with E-state index >= 15 is 0 Å². The standard InChI is InChI=1S/C17H20N4O2/c1-3-10-21-15(8-9-18-21)19-16(22)14-11-20(2)17(23)13-7-5-4-6-12(13)14/h4-9,14H,3,10-11H2,1-2H3,(H,19,22). The Balaban J connectivity index is 1.86. The fourth-order valence-electron chi connectivity index (χ4n) is 2.92. The highest BCUT2D eigenvalue weighted by Gasteiger charge is 2.33. The molecule has 2 heterocycles. The molecule has 0 aliphatic carbocycles. The van der Waals surface area contributed by atoms with Crippen molar-refractivity contribution in [2.75, 3.05) is 18.9 Å². The molecule has 0 radical (unpaired) electrons. The minimum absolute atomic E-state index is 0.0410. The van der Waals surface area contributed by atoms with Crippen molar-refractivity contribution in [3.63, 3.8) is 0 Å². The molecule has 0 fully saturated rings. The highest BCUT2D eigenvalue weighted by atomic mass is 16.2. The van der Waals surface area contributed by atoms with Gasteiger partial charge in [0.2, 0.25) is 5.91 Å². The van der Waals surface area contributed by atoms with E-state index in [1.807, 2.05) is 18.2 Å². The molecule has 1 aliphatic heterocycles. The van der Waals surface area contributed by atoms with Crippen molar-refractivity contribution in [1.82, 2.24) is 14.7 Å². The SMILES string of the molecule is CCCn1nccc1NC(=O)C1CN(C)C(=O)c2ccccc21. The summed E-state index contributed by atoms with van der Waals surface area (Å²) in [6.07, 6.45) is 2.61. The molecule has 120 valence electrons. The molecule has 1 aromatic heterocycles. The summed E-state index contributed by atoms with van der Waals surface area (Å²) in [6, 6.07) is 9.10. The second kappa shape index (κ2) is 6.24. The first kappa shape index (κ1) is 15.3. The first-order chi connectivity index (χ1) is 11.1. The van der Waals surface area contributed by atoms with E-state index in [1.54, 1.807) is 35.0 Å². The van der Waals surface area contributed by atoms with Crippen molar-refractivity contribution >= 4 is 17.6 Å². The van der Waals surface area contributed by atoms with Gasteiger partial charge in [-0.1, -0.05) is 25.1 Å². The van der Waals surface area contributed by atoms with E-state index in [1.165, 1.54) is 0 Å². The minimum atomic E-state index is -0.376. The quantitative estimate of drug-likeness (QED) is 0.940. The van der Waals surface area contributed by atoms with Crippen LogP contribution < -0.4 is 5.32 Å². The Labute approximate surface area is 135 Å². The fourth-order valence-corrected chi connectivity index (χ4v) is 2.92. The van der Waals surface area contributed by atoms with Crippen molar-refractivity contribution in [1.29, 1.82) is 0 Å². The number of carbonyl (C=O) groups excluding carboxylic acids is 2. The van der Waals surface area contributed by atoms with E-state index in [0.717, 1.165) is 18.5 Å². The smallest absolute Gasteiger partial charge is 0.253 e. The zero-order valence-electron chi connectivity index (χ0n) is 13.3. The number of anilines is 1. The topological polar surface area (TPSA) is 67.2 Å². The van der Waals surface area contributed by atoms with Crippen molar-refractivity contribution in [3.05, 3.63) is 47.7 Å². The van der Waals surface area contributed by atoms with Gasteiger partial charge in [0, 0.05) is 31.8 Å². The molecule has 0 spiro atoms. The average Bonchev–Trinajstić information content (AvgIpc) is 2.98. The van der Waals surface area contributed by atoms with E-state index in [4.69, 9.17) is 0 Å². The lowest BCUT2D eigenvalue weighted by Crippen LogP contribution is -2.41. The number of rotatable bonds is 4. The maximum atomic E-state index is 12.7. The highest BCUT2D eigenvalue weighted by Crippen LogP contribution is 2.28. The third-order valence-electron chi connectivity index (χ3n) is 4.09. The second-order valence-electron chi connectivity index (χ2n) is 5.75. The fraction of sp³-hybridized carbons (Fsp3) is 0.353. The summed E-state index contributed by atoms with van der Waals surface area (Å²) in [6.45, 7) is 3.19. The molecule has 1 N–H and O–H groups in total. The average molecular weight is 312 g/mol. The highest BCUT2D eigenvalue weighted by molar-refractivity contribution is 6.03.